The molecule has 1 fully saturated rings. The minimum Gasteiger partial charge on any atom is -0.483 e. The topological polar surface area (TPSA) is 75.7 Å². The molecule has 1 aliphatic heterocycles. The van der Waals surface area contributed by atoms with Crippen LogP contribution in [0.5, 0.6) is 5.75 Å². The van der Waals surface area contributed by atoms with Gasteiger partial charge in [0.1, 0.15) is 5.75 Å². The van der Waals surface area contributed by atoms with Crippen LogP contribution in [-0.4, -0.2) is 45.0 Å². The lowest BCUT2D eigenvalue weighted by molar-refractivity contribution is -0.134. The van der Waals surface area contributed by atoms with E-state index in [1.165, 1.54) is 0 Å². The van der Waals surface area contributed by atoms with Gasteiger partial charge in [0.2, 0.25) is 10.0 Å². The molecule has 1 N–H and O–H groups in total. The SMILES string of the molecule is Cc1ccc(C)c(S(=O)(=O)NC2CCN(C(=O)COc3cccc(C)c3C)CC2)c1. The first-order valence-corrected chi connectivity index (χ1v) is 11.7. The average Bonchev–Trinajstić information content (AvgIpc) is 2.71. The maximum Gasteiger partial charge on any atom is 0.260 e. The van der Waals surface area contributed by atoms with Crippen LogP contribution < -0.4 is 9.46 Å². The van der Waals surface area contributed by atoms with Gasteiger partial charge in [0.15, 0.2) is 6.61 Å². The first-order valence-electron chi connectivity index (χ1n) is 10.2. The molecule has 1 aliphatic rings. The Hall–Kier alpha value is -2.38. The van der Waals surface area contributed by atoms with E-state index in [9.17, 15) is 13.2 Å². The van der Waals surface area contributed by atoms with Crippen LogP contribution >= 0.6 is 0 Å². The van der Waals surface area contributed by atoms with Crippen LogP contribution in [0.4, 0.5) is 0 Å². The fraction of sp³-hybridized carbons (Fsp3) is 0.435. The number of piperidine rings is 1. The molecule has 30 heavy (non-hydrogen) atoms. The van der Waals surface area contributed by atoms with Crippen molar-refractivity contribution in [3.63, 3.8) is 0 Å². The molecule has 0 radical (unpaired) electrons. The first kappa shape index (κ1) is 22.3. The molecule has 0 unspecified atom stereocenters. The van der Waals surface area contributed by atoms with Gasteiger partial charge in [-0.1, -0.05) is 24.3 Å². The zero-order chi connectivity index (χ0) is 21.9. The number of carbonyl (C=O) groups excluding carboxylic acids is 1. The molecular formula is C23H30N2O4S. The van der Waals surface area contributed by atoms with Crippen molar-refractivity contribution in [3.8, 4) is 5.75 Å². The molecular weight excluding hydrogens is 400 g/mol. The highest BCUT2D eigenvalue weighted by molar-refractivity contribution is 7.89. The molecule has 2 aromatic carbocycles. The fourth-order valence-corrected chi connectivity index (χ4v) is 5.27. The lowest BCUT2D eigenvalue weighted by Gasteiger charge is -2.32. The second-order valence-electron chi connectivity index (χ2n) is 8.03. The summed E-state index contributed by atoms with van der Waals surface area (Å²) >= 11 is 0. The number of rotatable bonds is 6. The Kier molecular flexibility index (Phi) is 6.83. The van der Waals surface area contributed by atoms with Crippen LogP contribution in [0.25, 0.3) is 0 Å². The lowest BCUT2D eigenvalue weighted by Crippen LogP contribution is -2.47. The highest BCUT2D eigenvalue weighted by Gasteiger charge is 2.27. The Bertz CT molecular complexity index is 1030. The maximum absolute atomic E-state index is 12.8. The summed E-state index contributed by atoms with van der Waals surface area (Å²) in [6.07, 6.45) is 1.17. The zero-order valence-electron chi connectivity index (χ0n) is 18.1. The van der Waals surface area contributed by atoms with E-state index in [0.717, 1.165) is 28.0 Å². The number of nitrogens with one attached hydrogen (secondary N) is 1. The van der Waals surface area contributed by atoms with Crippen molar-refractivity contribution in [2.75, 3.05) is 19.7 Å². The van der Waals surface area contributed by atoms with E-state index in [0.29, 0.717) is 30.8 Å². The van der Waals surface area contributed by atoms with Gasteiger partial charge in [0.25, 0.3) is 5.91 Å². The molecule has 0 atom stereocenters. The van der Waals surface area contributed by atoms with Gasteiger partial charge in [-0.15, -0.1) is 0 Å². The second-order valence-corrected chi connectivity index (χ2v) is 9.71. The molecule has 6 nitrogen and oxygen atoms in total. The number of benzene rings is 2. The minimum atomic E-state index is -3.58. The number of amides is 1. The Labute approximate surface area is 179 Å². The molecule has 3 rings (SSSR count). The first-order chi connectivity index (χ1) is 14.2. The van der Waals surface area contributed by atoms with Crippen molar-refractivity contribution in [1.29, 1.82) is 0 Å². The number of aryl methyl sites for hydroxylation is 3. The highest BCUT2D eigenvalue weighted by Crippen LogP contribution is 2.22. The Morgan fingerprint density at radius 3 is 2.47 bits per heavy atom. The lowest BCUT2D eigenvalue weighted by atomic mass is 10.1. The van der Waals surface area contributed by atoms with Gasteiger partial charge in [-0.3, -0.25) is 4.79 Å². The smallest absolute Gasteiger partial charge is 0.260 e. The van der Waals surface area contributed by atoms with E-state index in [1.807, 2.05) is 51.1 Å². The third kappa shape index (κ3) is 5.21. The second kappa shape index (κ2) is 9.18. The Morgan fingerprint density at radius 1 is 1.07 bits per heavy atom. The summed E-state index contributed by atoms with van der Waals surface area (Å²) < 4.78 is 34.1. The number of nitrogens with zero attached hydrogens (tertiary/aromatic N) is 1. The standard InChI is InChI=1S/C23H30N2O4S/c1-16-8-9-18(3)22(14-16)30(27,28)24-20-10-12-25(13-11-20)23(26)15-29-21-7-5-6-17(2)19(21)4/h5-9,14,20,24H,10-13,15H2,1-4H3. The number of hydrogen-bond acceptors (Lipinski definition) is 4. The van der Waals surface area contributed by atoms with Gasteiger partial charge < -0.3 is 9.64 Å². The molecule has 2 aromatic rings. The highest BCUT2D eigenvalue weighted by atomic mass is 32.2. The molecule has 0 saturated carbocycles. The number of likely N-dealkylation sites (tertiary alicyclic amines) is 1. The molecule has 0 bridgehead atoms. The third-order valence-electron chi connectivity index (χ3n) is 5.71. The molecule has 0 spiro atoms. The van der Waals surface area contributed by atoms with Crippen LogP contribution in [0, 0.1) is 27.7 Å². The summed E-state index contributed by atoms with van der Waals surface area (Å²) in [5.74, 6) is 0.645. The van der Waals surface area contributed by atoms with Crippen molar-refractivity contribution in [3.05, 3.63) is 58.7 Å². The Balaban J connectivity index is 1.53. The third-order valence-corrected chi connectivity index (χ3v) is 7.37. The van der Waals surface area contributed by atoms with Gasteiger partial charge in [0.05, 0.1) is 4.90 Å². The normalized spacial score (nSPS) is 15.3. The van der Waals surface area contributed by atoms with Crippen LogP contribution in [-0.2, 0) is 14.8 Å². The molecule has 162 valence electrons. The summed E-state index contributed by atoms with van der Waals surface area (Å²) in [7, 11) is -3.58. The molecule has 0 aromatic heterocycles. The predicted molar refractivity (Wildman–Crippen MR) is 117 cm³/mol. The van der Waals surface area contributed by atoms with Gasteiger partial charge in [-0.25, -0.2) is 13.1 Å². The summed E-state index contributed by atoms with van der Waals surface area (Å²) in [6, 6.07) is 11.0. The average molecular weight is 431 g/mol. The number of carbonyl (C=O) groups is 1. The monoisotopic (exact) mass is 430 g/mol. The number of sulfonamides is 1. The zero-order valence-corrected chi connectivity index (χ0v) is 18.9. The van der Waals surface area contributed by atoms with Crippen LogP contribution in [0.1, 0.15) is 35.1 Å². The van der Waals surface area contributed by atoms with E-state index in [2.05, 4.69) is 4.72 Å². The van der Waals surface area contributed by atoms with Gasteiger partial charge in [0, 0.05) is 19.1 Å². The van der Waals surface area contributed by atoms with Gasteiger partial charge in [-0.05, 0) is 74.9 Å². The van der Waals surface area contributed by atoms with Crippen LogP contribution in [0.15, 0.2) is 41.3 Å². The summed E-state index contributed by atoms with van der Waals surface area (Å²) in [4.78, 5) is 14.6. The maximum atomic E-state index is 12.8. The van der Waals surface area contributed by atoms with E-state index in [1.54, 1.807) is 17.9 Å². The van der Waals surface area contributed by atoms with E-state index < -0.39 is 10.0 Å². The van der Waals surface area contributed by atoms with Crippen LogP contribution in [0.2, 0.25) is 0 Å². The van der Waals surface area contributed by atoms with E-state index >= 15 is 0 Å². The Morgan fingerprint density at radius 2 is 1.77 bits per heavy atom. The molecule has 7 heteroatoms. The van der Waals surface area contributed by atoms with Crippen molar-refractivity contribution in [2.24, 2.45) is 0 Å². The van der Waals surface area contributed by atoms with Gasteiger partial charge >= 0.3 is 0 Å². The number of ether oxygens (including phenoxy) is 1. The molecule has 1 amide bonds. The van der Waals surface area contributed by atoms with Crippen molar-refractivity contribution in [2.45, 2.75) is 51.5 Å². The quantitative estimate of drug-likeness (QED) is 0.763. The summed E-state index contributed by atoms with van der Waals surface area (Å²) in [5.41, 5.74) is 3.79. The van der Waals surface area contributed by atoms with Crippen LogP contribution in [0.3, 0.4) is 0 Å². The fourth-order valence-electron chi connectivity index (χ4n) is 3.64. The number of hydrogen-bond donors (Lipinski definition) is 1. The predicted octanol–water partition coefficient (Wildman–Crippen LogP) is 3.27. The molecule has 1 heterocycles. The van der Waals surface area contributed by atoms with Crippen molar-refractivity contribution < 1.29 is 17.9 Å². The van der Waals surface area contributed by atoms with E-state index in [4.69, 9.17) is 4.74 Å². The minimum absolute atomic E-state index is 0.0107. The van der Waals surface area contributed by atoms with Gasteiger partial charge in [-0.2, -0.15) is 0 Å². The molecule has 1 saturated heterocycles. The van der Waals surface area contributed by atoms with Crippen molar-refractivity contribution >= 4 is 15.9 Å². The largest absolute Gasteiger partial charge is 0.483 e. The van der Waals surface area contributed by atoms with Crippen molar-refractivity contribution in [1.82, 2.24) is 9.62 Å². The van der Waals surface area contributed by atoms with E-state index in [-0.39, 0.29) is 18.6 Å². The molecule has 0 aliphatic carbocycles. The summed E-state index contributed by atoms with van der Waals surface area (Å²) in [5, 5.41) is 0. The summed E-state index contributed by atoms with van der Waals surface area (Å²) in [6.45, 7) is 8.66.